The Morgan fingerprint density at radius 2 is 2.13 bits per heavy atom. The van der Waals surface area contributed by atoms with Crippen molar-refractivity contribution in [2.75, 3.05) is 0 Å². The molecule has 0 spiro atoms. The maximum atomic E-state index is 11.2. The predicted molar refractivity (Wildman–Crippen MR) is 63.4 cm³/mol. The van der Waals surface area contributed by atoms with Gasteiger partial charge in [-0.1, -0.05) is 18.2 Å². The van der Waals surface area contributed by atoms with E-state index in [-0.39, 0.29) is 0 Å². The molecule has 1 heterocycles. The van der Waals surface area contributed by atoms with E-state index in [1.807, 2.05) is 11.3 Å². The zero-order valence-corrected chi connectivity index (χ0v) is 9.22. The highest BCUT2D eigenvalue weighted by atomic mass is 32.1. The van der Waals surface area contributed by atoms with E-state index >= 15 is 0 Å². The van der Waals surface area contributed by atoms with Crippen LogP contribution in [-0.2, 0) is 4.79 Å². The number of hydrogen-bond acceptors (Lipinski definition) is 2. The van der Waals surface area contributed by atoms with E-state index in [9.17, 15) is 4.79 Å². The van der Waals surface area contributed by atoms with Crippen LogP contribution in [0.2, 0.25) is 0 Å². The van der Waals surface area contributed by atoms with Crippen molar-refractivity contribution in [1.29, 1.82) is 0 Å². The molecule has 1 nitrogen and oxygen atoms in total. The molecule has 3 rings (SSSR count). The lowest BCUT2D eigenvalue weighted by atomic mass is 10.1. The number of carbonyl (C=O) groups is 1. The minimum Gasteiger partial charge on any atom is -0.300 e. The molecule has 1 aliphatic rings. The fraction of sp³-hybridized carbons (Fsp3) is 0.308. The maximum Gasteiger partial charge on any atom is 0.133 e. The molecular formula is C13H12OS. The molecule has 0 saturated heterocycles. The van der Waals surface area contributed by atoms with Gasteiger partial charge in [-0.15, -0.1) is 11.3 Å². The molecule has 1 unspecified atom stereocenters. The van der Waals surface area contributed by atoms with Crippen molar-refractivity contribution in [2.24, 2.45) is 0 Å². The Kier molecular flexibility index (Phi) is 2.10. The fourth-order valence-electron chi connectivity index (χ4n) is 2.26. The summed E-state index contributed by atoms with van der Waals surface area (Å²) in [5.74, 6) is 0.923. The summed E-state index contributed by atoms with van der Waals surface area (Å²) in [5, 5.41) is 1.32. The van der Waals surface area contributed by atoms with Gasteiger partial charge in [0.1, 0.15) is 5.78 Å². The highest BCUT2D eigenvalue weighted by Crippen LogP contribution is 2.38. The van der Waals surface area contributed by atoms with Crippen molar-refractivity contribution in [3.05, 3.63) is 35.2 Å². The number of rotatable bonds is 1. The average Bonchev–Trinajstić information content (AvgIpc) is 2.82. The molecule has 1 atom stereocenters. The van der Waals surface area contributed by atoms with Crippen molar-refractivity contribution in [3.8, 4) is 0 Å². The van der Waals surface area contributed by atoms with Crippen molar-refractivity contribution >= 4 is 27.2 Å². The van der Waals surface area contributed by atoms with Gasteiger partial charge in [-0.3, -0.25) is 4.79 Å². The van der Waals surface area contributed by atoms with Gasteiger partial charge < -0.3 is 0 Å². The second-order valence-corrected chi connectivity index (χ2v) is 5.28. The second-order valence-electron chi connectivity index (χ2n) is 4.16. The minimum absolute atomic E-state index is 0.428. The van der Waals surface area contributed by atoms with Gasteiger partial charge in [0.05, 0.1) is 0 Å². The van der Waals surface area contributed by atoms with Crippen molar-refractivity contribution in [3.63, 3.8) is 0 Å². The Labute approximate surface area is 92.7 Å². The third-order valence-corrected chi connectivity index (χ3v) is 4.37. The Balaban J connectivity index is 2.01. The summed E-state index contributed by atoms with van der Waals surface area (Å²) < 4.78 is 1.34. The van der Waals surface area contributed by atoms with Gasteiger partial charge in [0.15, 0.2) is 0 Å². The summed E-state index contributed by atoms with van der Waals surface area (Å²) in [6.07, 6.45) is 2.58. The van der Waals surface area contributed by atoms with E-state index in [1.165, 1.54) is 15.0 Å². The first-order chi connectivity index (χ1) is 7.33. The Hall–Kier alpha value is -1.15. The highest BCUT2D eigenvalue weighted by Gasteiger charge is 2.24. The van der Waals surface area contributed by atoms with Crippen LogP contribution in [-0.4, -0.2) is 5.78 Å². The van der Waals surface area contributed by atoms with E-state index in [0.29, 0.717) is 11.7 Å². The highest BCUT2D eigenvalue weighted by molar-refractivity contribution is 7.19. The average molecular weight is 216 g/mol. The fourth-order valence-corrected chi connectivity index (χ4v) is 3.46. The zero-order chi connectivity index (χ0) is 10.3. The summed E-state index contributed by atoms with van der Waals surface area (Å²) in [6, 6.07) is 10.7. The second kappa shape index (κ2) is 3.46. The van der Waals surface area contributed by atoms with Gasteiger partial charge in [0.2, 0.25) is 0 Å². The maximum absolute atomic E-state index is 11.2. The molecule has 0 bridgehead atoms. The van der Waals surface area contributed by atoms with Gasteiger partial charge in [-0.2, -0.15) is 0 Å². The quantitative estimate of drug-likeness (QED) is 0.709. The van der Waals surface area contributed by atoms with Gasteiger partial charge >= 0.3 is 0 Å². The number of carbonyl (C=O) groups excluding carboxylic acids is 1. The number of thiophene rings is 1. The molecule has 2 aromatic rings. The van der Waals surface area contributed by atoms with E-state index in [4.69, 9.17) is 0 Å². The molecule has 76 valence electrons. The van der Waals surface area contributed by atoms with Crippen LogP contribution in [0.4, 0.5) is 0 Å². The van der Waals surface area contributed by atoms with Crippen LogP contribution in [0.25, 0.3) is 10.1 Å². The molecule has 1 fully saturated rings. The SMILES string of the molecule is O=C1CCC(c2cc3ccccc3s2)C1. The minimum atomic E-state index is 0.428. The van der Waals surface area contributed by atoms with Crippen LogP contribution in [0, 0.1) is 0 Å². The normalized spacial score (nSPS) is 21.3. The Morgan fingerprint density at radius 3 is 2.87 bits per heavy atom. The lowest BCUT2D eigenvalue weighted by Crippen LogP contribution is -1.90. The third-order valence-electron chi connectivity index (χ3n) is 3.09. The third kappa shape index (κ3) is 1.59. The standard InChI is InChI=1S/C13H12OS/c14-11-6-5-10(7-11)13-8-9-3-1-2-4-12(9)15-13/h1-4,8,10H,5-7H2. The zero-order valence-electron chi connectivity index (χ0n) is 8.40. The molecule has 15 heavy (non-hydrogen) atoms. The van der Waals surface area contributed by atoms with Gasteiger partial charge in [0.25, 0.3) is 0 Å². The molecule has 0 N–H and O–H groups in total. The molecule has 1 aromatic heterocycles. The predicted octanol–water partition coefficient (Wildman–Crippen LogP) is 3.74. The summed E-state index contributed by atoms with van der Waals surface area (Å²) in [6.45, 7) is 0. The summed E-state index contributed by atoms with van der Waals surface area (Å²) in [4.78, 5) is 12.6. The molecule has 0 amide bonds. The first-order valence-corrected chi connectivity index (χ1v) is 6.15. The summed E-state index contributed by atoms with van der Waals surface area (Å²) in [5.41, 5.74) is 0. The first kappa shape index (κ1) is 9.10. The van der Waals surface area contributed by atoms with Crippen LogP contribution >= 0.6 is 11.3 Å². The summed E-state index contributed by atoms with van der Waals surface area (Å²) >= 11 is 1.84. The molecule has 1 saturated carbocycles. The number of benzene rings is 1. The first-order valence-electron chi connectivity index (χ1n) is 5.33. The molecule has 1 aromatic carbocycles. The van der Waals surface area contributed by atoms with Crippen LogP contribution in [0.5, 0.6) is 0 Å². The number of hydrogen-bond donors (Lipinski definition) is 0. The molecule has 2 heteroatoms. The van der Waals surface area contributed by atoms with Crippen molar-refractivity contribution in [1.82, 2.24) is 0 Å². The van der Waals surface area contributed by atoms with Crippen LogP contribution < -0.4 is 0 Å². The molecule has 0 radical (unpaired) electrons. The topological polar surface area (TPSA) is 17.1 Å². The Morgan fingerprint density at radius 1 is 1.27 bits per heavy atom. The van der Waals surface area contributed by atoms with Gasteiger partial charge in [0, 0.05) is 28.3 Å². The number of Topliss-reactive ketones (excluding diaryl/α,β-unsaturated/α-hetero) is 1. The lowest BCUT2D eigenvalue weighted by Gasteiger charge is -2.02. The van der Waals surface area contributed by atoms with Crippen LogP contribution in [0.3, 0.4) is 0 Å². The van der Waals surface area contributed by atoms with E-state index in [1.54, 1.807) is 0 Å². The van der Waals surface area contributed by atoms with Gasteiger partial charge in [-0.05, 0) is 23.9 Å². The Bertz CT molecular complexity index is 479. The van der Waals surface area contributed by atoms with Gasteiger partial charge in [-0.25, -0.2) is 0 Å². The molecular weight excluding hydrogens is 204 g/mol. The monoisotopic (exact) mass is 216 g/mol. The van der Waals surface area contributed by atoms with E-state index in [2.05, 4.69) is 30.3 Å². The number of fused-ring (bicyclic) bond motifs is 1. The van der Waals surface area contributed by atoms with Crippen molar-refractivity contribution < 1.29 is 4.79 Å². The smallest absolute Gasteiger partial charge is 0.133 e. The largest absolute Gasteiger partial charge is 0.300 e. The van der Waals surface area contributed by atoms with Crippen LogP contribution in [0.1, 0.15) is 30.1 Å². The molecule has 1 aliphatic carbocycles. The summed E-state index contributed by atoms with van der Waals surface area (Å²) in [7, 11) is 0. The number of ketones is 1. The lowest BCUT2D eigenvalue weighted by molar-refractivity contribution is -0.117. The van der Waals surface area contributed by atoms with Crippen molar-refractivity contribution in [2.45, 2.75) is 25.2 Å². The van der Waals surface area contributed by atoms with E-state index in [0.717, 1.165) is 19.3 Å². The van der Waals surface area contributed by atoms with E-state index < -0.39 is 0 Å². The van der Waals surface area contributed by atoms with Crippen LogP contribution in [0.15, 0.2) is 30.3 Å². The molecule has 0 aliphatic heterocycles.